The van der Waals surface area contributed by atoms with Crippen LogP contribution < -0.4 is 15.4 Å². The summed E-state index contributed by atoms with van der Waals surface area (Å²) in [5.74, 6) is 0.602. The summed E-state index contributed by atoms with van der Waals surface area (Å²) in [4.78, 5) is 8.70. The molecule has 0 amide bonds. The van der Waals surface area contributed by atoms with E-state index in [0.29, 0.717) is 24.6 Å². The van der Waals surface area contributed by atoms with E-state index in [1.165, 1.54) is 12.1 Å². The fourth-order valence-corrected chi connectivity index (χ4v) is 2.99. The van der Waals surface area contributed by atoms with Gasteiger partial charge in [0.25, 0.3) is 0 Å². The molecule has 1 heterocycles. The third kappa shape index (κ3) is 6.51. The first-order valence-corrected chi connectivity index (χ1v) is 9.88. The van der Waals surface area contributed by atoms with E-state index >= 15 is 0 Å². The van der Waals surface area contributed by atoms with Crippen molar-refractivity contribution >= 4 is 5.96 Å². The molecule has 0 saturated heterocycles. The number of guanidine groups is 1. The first-order chi connectivity index (χ1) is 15.1. The molecule has 1 unspecified atom stereocenters. The number of aromatic nitrogens is 2. The first-order valence-electron chi connectivity index (χ1n) is 9.88. The van der Waals surface area contributed by atoms with Crippen molar-refractivity contribution in [2.45, 2.75) is 26.2 Å². The van der Waals surface area contributed by atoms with Crippen molar-refractivity contribution in [1.29, 1.82) is 0 Å². The molecule has 3 aromatic rings. The zero-order valence-electron chi connectivity index (χ0n) is 17.1. The lowest BCUT2D eigenvalue weighted by molar-refractivity contribution is -0.0498. The molecule has 0 spiro atoms. The van der Waals surface area contributed by atoms with E-state index in [4.69, 9.17) is 0 Å². The highest BCUT2D eigenvalue weighted by molar-refractivity contribution is 5.79. The number of imidazole rings is 1. The zero-order valence-corrected chi connectivity index (χ0v) is 17.1. The van der Waals surface area contributed by atoms with Crippen LogP contribution in [0.25, 0.3) is 5.69 Å². The maximum atomic E-state index is 12.3. The molecule has 2 aromatic carbocycles. The number of ether oxygens (including phenoxy) is 1. The molecular formula is C22H25F2N5O2. The third-order valence-electron chi connectivity index (χ3n) is 4.48. The Balaban J connectivity index is 1.63. The van der Waals surface area contributed by atoms with E-state index in [2.05, 4.69) is 25.3 Å². The summed E-state index contributed by atoms with van der Waals surface area (Å²) < 4.78 is 30.8. The zero-order chi connectivity index (χ0) is 22.1. The highest BCUT2D eigenvalue weighted by Gasteiger charge is 2.11. The maximum Gasteiger partial charge on any atom is 0.387 e. The molecule has 1 atom stereocenters. The lowest BCUT2D eigenvalue weighted by Crippen LogP contribution is -2.39. The monoisotopic (exact) mass is 429 g/mol. The van der Waals surface area contributed by atoms with Crippen LogP contribution in [0.3, 0.4) is 0 Å². The molecule has 3 N–H and O–H groups in total. The lowest BCUT2D eigenvalue weighted by Gasteiger charge is -2.16. The number of hydrogen-bond donors (Lipinski definition) is 3. The van der Waals surface area contributed by atoms with Gasteiger partial charge in [-0.15, -0.1) is 0 Å². The number of benzene rings is 2. The number of aliphatic imine (C=N–C) groups is 1. The number of rotatable bonds is 9. The highest BCUT2D eigenvalue weighted by atomic mass is 19.3. The van der Waals surface area contributed by atoms with E-state index < -0.39 is 12.7 Å². The van der Waals surface area contributed by atoms with Crippen molar-refractivity contribution in [3.63, 3.8) is 0 Å². The quantitative estimate of drug-likeness (QED) is 0.359. The van der Waals surface area contributed by atoms with Gasteiger partial charge in [0.2, 0.25) is 0 Å². The van der Waals surface area contributed by atoms with Gasteiger partial charge in [-0.05, 0) is 36.2 Å². The number of aliphatic hydroxyl groups is 1. The van der Waals surface area contributed by atoms with Crippen LogP contribution in [0.15, 0.2) is 72.2 Å². The fourth-order valence-electron chi connectivity index (χ4n) is 2.99. The predicted molar refractivity (Wildman–Crippen MR) is 114 cm³/mol. The fraction of sp³-hybridized carbons (Fsp3) is 0.273. The third-order valence-corrected chi connectivity index (χ3v) is 4.48. The topological polar surface area (TPSA) is 83.7 Å². The Hall–Kier alpha value is -3.46. The van der Waals surface area contributed by atoms with Gasteiger partial charge in [-0.3, -0.25) is 0 Å². The average Bonchev–Trinajstić information content (AvgIpc) is 3.30. The number of nitrogens with zero attached hydrogens (tertiary/aromatic N) is 3. The summed E-state index contributed by atoms with van der Waals surface area (Å²) in [7, 11) is 0. The predicted octanol–water partition coefficient (Wildman–Crippen LogP) is 3.26. The molecule has 0 bridgehead atoms. The van der Waals surface area contributed by atoms with Crippen molar-refractivity contribution < 1.29 is 18.6 Å². The van der Waals surface area contributed by atoms with E-state index in [0.717, 1.165) is 11.3 Å². The lowest BCUT2D eigenvalue weighted by atomic mass is 10.1. The van der Waals surface area contributed by atoms with Crippen molar-refractivity contribution in [1.82, 2.24) is 20.2 Å². The Kier molecular flexibility index (Phi) is 7.94. The summed E-state index contributed by atoms with van der Waals surface area (Å²) in [6.07, 6.45) is 4.49. The van der Waals surface area contributed by atoms with Gasteiger partial charge in [0.15, 0.2) is 5.96 Å². The molecule has 0 aliphatic carbocycles. The molecule has 1 aromatic heterocycles. The van der Waals surface area contributed by atoms with Gasteiger partial charge in [0.05, 0.1) is 24.7 Å². The smallest absolute Gasteiger partial charge is 0.387 e. The van der Waals surface area contributed by atoms with Crippen LogP contribution in [0, 0.1) is 0 Å². The number of alkyl halides is 2. The van der Waals surface area contributed by atoms with Gasteiger partial charge < -0.3 is 25.0 Å². The second kappa shape index (κ2) is 11.1. The SMILES string of the molecule is CCNC(=NCc1ccccc1-n1ccnc1)NCC(O)c1ccc(OC(F)F)cc1. The Morgan fingerprint density at radius 2 is 1.94 bits per heavy atom. The Labute approximate surface area is 179 Å². The van der Waals surface area contributed by atoms with Crippen LogP contribution in [-0.4, -0.2) is 40.3 Å². The molecule has 0 aliphatic rings. The van der Waals surface area contributed by atoms with Gasteiger partial charge >= 0.3 is 6.61 Å². The number of aliphatic hydroxyl groups excluding tert-OH is 1. The second-order valence-corrected chi connectivity index (χ2v) is 6.64. The van der Waals surface area contributed by atoms with Crippen LogP contribution >= 0.6 is 0 Å². The normalized spacial score (nSPS) is 12.6. The molecule has 31 heavy (non-hydrogen) atoms. The van der Waals surface area contributed by atoms with Crippen molar-refractivity contribution in [2.75, 3.05) is 13.1 Å². The minimum Gasteiger partial charge on any atom is -0.435 e. The average molecular weight is 429 g/mol. The summed E-state index contributed by atoms with van der Waals surface area (Å²) in [6, 6.07) is 13.8. The molecule has 9 heteroatoms. The molecule has 0 radical (unpaired) electrons. The molecule has 0 fully saturated rings. The summed E-state index contributed by atoms with van der Waals surface area (Å²) in [6.45, 7) is 0.360. The van der Waals surface area contributed by atoms with Crippen LogP contribution in [0.2, 0.25) is 0 Å². The van der Waals surface area contributed by atoms with Gasteiger partial charge in [0, 0.05) is 25.5 Å². The first kappa shape index (κ1) is 22.2. The molecule has 3 rings (SSSR count). The highest BCUT2D eigenvalue weighted by Crippen LogP contribution is 2.19. The number of para-hydroxylation sites is 1. The van der Waals surface area contributed by atoms with Crippen molar-refractivity contribution in [3.8, 4) is 11.4 Å². The van der Waals surface area contributed by atoms with Crippen LogP contribution in [0.5, 0.6) is 5.75 Å². The Morgan fingerprint density at radius 3 is 2.61 bits per heavy atom. The van der Waals surface area contributed by atoms with Gasteiger partial charge in [0.1, 0.15) is 5.75 Å². The summed E-state index contributed by atoms with van der Waals surface area (Å²) in [5, 5.41) is 16.7. The van der Waals surface area contributed by atoms with Gasteiger partial charge in [-0.1, -0.05) is 30.3 Å². The number of hydrogen-bond acceptors (Lipinski definition) is 4. The number of nitrogens with one attached hydrogen (secondary N) is 2. The van der Waals surface area contributed by atoms with Crippen molar-refractivity contribution in [3.05, 3.63) is 78.4 Å². The van der Waals surface area contributed by atoms with Gasteiger partial charge in [-0.25, -0.2) is 9.98 Å². The maximum absolute atomic E-state index is 12.3. The Bertz CT molecular complexity index is 962. The van der Waals surface area contributed by atoms with Gasteiger partial charge in [-0.2, -0.15) is 8.78 Å². The molecular weight excluding hydrogens is 404 g/mol. The molecule has 7 nitrogen and oxygen atoms in total. The standard InChI is InChI=1S/C22H25F2N5O2/c1-2-26-22(27-13-17-5-3-4-6-19(17)29-12-11-25-15-29)28-14-20(30)16-7-9-18(10-8-16)31-21(23)24/h3-12,15,20-21,30H,2,13-14H2,1H3,(H2,26,27,28). The van der Waals surface area contributed by atoms with Crippen LogP contribution in [0.4, 0.5) is 8.78 Å². The van der Waals surface area contributed by atoms with E-state index in [9.17, 15) is 13.9 Å². The van der Waals surface area contributed by atoms with Crippen LogP contribution in [0.1, 0.15) is 24.2 Å². The van der Waals surface area contributed by atoms with E-state index in [1.807, 2.05) is 42.0 Å². The van der Waals surface area contributed by atoms with E-state index in [-0.39, 0.29) is 12.3 Å². The minimum atomic E-state index is -2.88. The van der Waals surface area contributed by atoms with E-state index in [1.54, 1.807) is 24.7 Å². The Morgan fingerprint density at radius 1 is 1.16 bits per heavy atom. The second-order valence-electron chi connectivity index (χ2n) is 6.64. The minimum absolute atomic E-state index is 0.0466. The molecule has 0 saturated carbocycles. The molecule has 0 aliphatic heterocycles. The van der Waals surface area contributed by atoms with Crippen molar-refractivity contribution in [2.24, 2.45) is 4.99 Å². The van der Waals surface area contributed by atoms with Crippen LogP contribution in [-0.2, 0) is 6.54 Å². The summed E-state index contributed by atoms with van der Waals surface area (Å²) >= 11 is 0. The summed E-state index contributed by atoms with van der Waals surface area (Å²) in [5.41, 5.74) is 2.59. The largest absolute Gasteiger partial charge is 0.435 e. The number of halogens is 2. The molecule has 164 valence electrons.